The molecule has 1 atom stereocenters. The summed E-state index contributed by atoms with van der Waals surface area (Å²) in [6.07, 6.45) is 0.118. The number of thioether (sulfide) groups is 1. The Morgan fingerprint density at radius 1 is 1.42 bits per heavy atom. The average molecular weight is 285 g/mol. The Morgan fingerprint density at radius 3 is 2.74 bits per heavy atom. The molecule has 4 nitrogen and oxygen atoms in total. The van der Waals surface area contributed by atoms with Gasteiger partial charge in [-0.3, -0.25) is 9.59 Å². The first-order chi connectivity index (χ1) is 9.02. The molecule has 0 aliphatic rings. The molecule has 0 radical (unpaired) electrons. The molecule has 1 N–H and O–H groups in total. The van der Waals surface area contributed by atoms with E-state index in [4.69, 9.17) is 0 Å². The Kier molecular flexibility index (Phi) is 6.35. The number of ether oxygens (including phenoxy) is 1. The van der Waals surface area contributed by atoms with E-state index in [0.29, 0.717) is 4.90 Å². The third kappa shape index (κ3) is 5.74. The molecule has 0 aromatic heterocycles. The highest BCUT2D eigenvalue weighted by atomic mass is 32.2. The van der Waals surface area contributed by atoms with Gasteiger partial charge in [-0.15, -0.1) is 11.8 Å². The molecular weight excluding hydrogens is 269 g/mol. The summed E-state index contributed by atoms with van der Waals surface area (Å²) < 4.78 is 17.8. The second-order valence-corrected chi connectivity index (χ2v) is 4.99. The lowest BCUT2D eigenvalue weighted by atomic mass is 10.2. The fourth-order valence-electron chi connectivity index (χ4n) is 1.41. The number of rotatable bonds is 6. The first-order valence-electron chi connectivity index (χ1n) is 5.76. The maximum atomic E-state index is 13.3. The summed E-state index contributed by atoms with van der Waals surface area (Å²) in [6.45, 7) is 1.71. The van der Waals surface area contributed by atoms with Gasteiger partial charge in [-0.25, -0.2) is 4.39 Å². The molecule has 6 heteroatoms. The number of carbonyl (C=O) groups excluding carboxylic acids is 2. The number of esters is 1. The second-order valence-electron chi connectivity index (χ2n) is 3.97. The number of amides is 1. The van der Waals surface area contributed by atoms with Crippen LogP contribution in [0.15, 0.2) is 29.2 Å². The molecule has 0 bridgehead atoms. The van der Waals surface area contributed by atoms with Crippen molar-refractivity contribution in [2.24, 2.45) is 0 Å². The highest BCUT2D eigenvalue weighted by Gasteiger charge is 2.12. The topological polar surface area (TPSA) is 55.4 Å². The zero-order chi connectivity index (χ0) is 14.3. The van der Waals surface area contributed by atoms with E-state index in [2.05, 4.69) is 10.1 Å². The van der Waals surface area contributed by atoms with E-state index >= 15 is 0 Å². The van der Waals surface area contributed by atoms with E-state index in [1.807, 2.05) is 0 Å². The monoisotopic (exact) mass is 285 g/mol. The minimum absolute atomic E-state index is 0.104. The van der Waals surface area contributed by atoms with Crippen molar-refractivity contribution in [3.05, 3.63) is 30.1 Å². The number of hydrogen-bond donors (Lipinski definition) is 1. The molecule has 1 aromatic rings. The van der Waals surface area contributed by atoms with Crippen molar-refractivity contribution in [2.75, 3.05) is 12.9 Å². The van der Waals surface area contributed by atoms with Gasteiger partial charge in [0, 0.05) is 10.9 Å². The number of carbonyl (C=O) groups is 2. The fourth-order valence-corrected chi connectivity index (χ4v) is 2.16. The van der Waals surface area contributed by atoms with E-state index in [0.717, 1.165) is 11.8 Å². The highest BCUT2D eigenvalue weighted by molar-refractivity contribution is 8.00. The number of halogens is 1. The van der Waals surface area contributed by atoms with Crippen LogP contribution in [0, 0.1) is 5.82 Å². The lowest BCUT2D eigenvalue weighted by molar-refractivity contribution is -0.141. The SMILES string of the molecule is COC(=O)CC(C)NC(=O)CSc1ccccc1F. The van der Waals surface area contributed by atoms with Crippen molar-refractivity contribution >= 4 is 23.6 Å². The molecule has 1 aromatic carbocycles. The summed E-state index contributed by atoms with van der Waals surface area (Å²) in [5.41, 5.74) is 0. The predicted molar refractivity (Wildman–Crippen MR) is 71.4 cm³/mol. The highest BCUT2D eigenvalue weighted by Crippen LogP contribution is 2.20. The quantitative estimate of drug-likeness (QED) is 0.641. The molecule has 104 valence electrons. The maximum Gasteiger partial charge on any atom is 0.307 e. The van der Waals surface area contributed by atoms with Crippen LogP contribution in [0.1, 0.15) is 13.3 Å². The van der Waals surface area contributed by atoms with Gasteiger partial charge < -0.3 is 10.1 Å². The van der Waals surface area contributed by atoms with Crippen LogP contribution in [-0.4, -0.2) is 30.8 Å². The molecule has 0 aliphatic heterocycles. The smallest absolute Gasteiger partial charge is 0.307 e. The number of nitrogens with one attached hydrogen (secondary N) is 1. The third-order valence-corrected chi connectivity index (χ3v) is 3.35. The van der Waals surface area contributed by atoms with E-state index in [1.54, 1.807) is 25.1 Å². The molecule has 0 aliphatic carbocycles. The van der Waals surface area contributed by atoms with Crippen LogP contribution in [0.4, 0.5) is 4.39 Å². The van der Waals surface area contributed by atoms with Crippen molar-refractivity contribution in [1.29, 1.82) is 0 Å². The summed E-state index contributed by atoms with van der Waals surface area (Å²) in [7, 11) is 1.30. The molecule has 1 unspecified atom stereocenters. The largest absolute Gasteiger partial charge is 0.469 e. The third-order valence-electron chi connectivity index (χ3n) is 2.30. The van der Waals surface area contributed by atoms with Gasteiger partial charge in [0.15, 0.2) is 0 Å². The molecule has 19 heavy (non-hydrogen) atoms. The zero-order valence-corrected chi connectivity index (χ0v) is 11.6. The van der Waals surface area contributed by atoms with E-state index in [-0.39, 0.29) is 35.9 Å². The van der Waals surface area contributed by atoms with Gasteiger partial charge in [-0.1, -0.05) is 12.1 Å². The first kappa shape index (κ1) is 15.5. The molecule has 0 saturated carbocycles. The summed E-state index contributed by atoms with van der Waals surface area (Å²) in [6, 6.07) is 5.97. The van der Waals surface area contributed by atoms with E-state index in [1.165, 1.54) is 13.2 Å². The summed E-state index contributed by atoms with van der Waals surface area (Å²) >= 11 is 1.12. The van der Waals surface area contributed by atoms with Gasteiger partial charge >= 0.3 is 5.97 Å². The van der Waals surface area contributed by atoms with Gasteiger partial charge in [0.2, 0.25) is 5.91 Å². The lowest BCUT2D eigenvalue weighted by Gasteiger charge is -2.12. The number of hydrogen-bond acceptors (Lipinski definition) is 4. The van der Waals surface area contributed by atoms with Crippen molar-refractivity contribution in [2.45, 2.75) is 24.3 Å². The van der Waals surface area contributed by atoms with Crippen LogP contribution < -0.4 is 5.32 Å². The van der Waals surface area contributed by atoms with Crippen LogP contribution in [0.2, 0.25) is 0 Å². The Bertz CT molecular complexity index is 453. The molecule has 0 fully saturated rings. The average Bonchev–Trinajstić information content (AvgIpc) is 2.37. The Morgan fingerprint density at radius 2 is 2.11 bits per heavy atom. The van der Waals surface area contributed by atoms with Gasteiger partial charge in [0.1, 0.15) is 5.82 Å². The first-order valence-corrected chi connectivity index (χ1v) is 6.75. The molecule has 0 saturated heterocycles. The van der Waals surface area contributed by atoms with E-state index in [9.17, 15) is 14.0 Å². The Labute approximate surface area is 115 Å². The fraction of sp³-hybridized carbons (Fsp3) is 0.385. The van der Waals surface area contributed by atoms with Gasteiger partial charge in [0.25, 0.3) is 0 Å². The standard InChI is InChI=1S/C13H16FNO3S/c1-9(7-13(17)18-2)15-12(16)8-19-11-6-4-3-5-10(11)14/h3-6,9H,7-8H2,1-2H3,(H,15,16). The molecule has 1 amide bonds. The van der Waals surface area contributed by atoms with Crippen LogP contribution >= 0.6 is 11.8 Å². The van der Waals surface area contributed by atoms with Crippen LogP contribution in [0.3, 0.4) is 0 Å². The minimum Gasteiger partial charge on any atom is -0.469 e. The molecular formula is C13H16FNO3S. The number of methoxy groups -OCH3 is 1. The van der Waals surface area contributed by atoms with Gasteiger partial charge in [-0.2, -0.15) is 0 Å². The van der Waals surface area contributed by atoms with Gasteiger partial charge in [-0.05, 0) is 19.1 Å². The molecule has 1 rings (SSSR count). The minimum atomic E-state index is -0.380. The Balaban J connectivity index is 2.36. The zero-order valence-electron chi connectivity index (χ0n) is 10.8. The van der Waals surface area contributed by atoms with Crippen LogP contribution in [0.5, 0.6) is 0 Å². The number of benzene rings is 1. The van der Waals surface area contributed by atoms with E-state index < -0.39 is 0 Å². The van der Waals surface area contributed by atoms with Crippen LogP contribution in [0.25, 0.3) is 0 Å². The van der Waals surface area contributed by atoms with Crippen molar-refractivity contribution in [1.82, 2.24) is 5.32 Å². The van der Waals surface area contributed by atoms with Gasteiger partial charge in [0.05, 0.1) is 19.3 Å². The molecule has 0 spiro atoms. The van der Waals surface area contributed by atoms with Crippen molar-refractivity contribution < 1.29 is 18.7 Å². The van der Waals surface area contributed by atoms with Crippen molar-refractivity contribution in [3.63, 3.8) is 0 Å². The normalized spacial score (nSPS) is 11.7. The Hall–Kier alpha value is -1.56. The summed E-state index contributed by atoms with van der Waals surface area (Å²) in [4.78, 5) is 23.0. The predicted octanol–water partition coefficient (Wildman–Crippen LogP) is 1.99. The van der Waals surface area contributed by atoms with Crippen LogP contribution in [-0.2, 0) is 14.3 Å². The summed E-state index contributed by atoms with van der Waals surface area (Å²) in [5.74, 6) is -0.867. The maximum absolute atomic E-state index is 13.3. The molecule has 0 heterocycles. The lowest BCUT2D eigenvalue weighted by Crippen LogP contribution is -2.35. The van der Waals surface area contributed by atoms with Crippen molar-refractivity contribution in [3.8, 4) is 0 Å². The summed E-state index contributed by atoms with van der Waals surface area (Å²) in [5, 5.41) is 2.65. The second kappa shape index (κ2) is 7.78.